The van der Waals surface area contributed by atoms with Gasteiger partial charge in [-0.2, -0.15) is 5.26 Å². The molecule has 0 unspecified atom stereocenters. The molecule has 0 fully saturated rings. The van der Waals surface area contributed by atoms with Gasteiger partial charge in [0.05, 0.1) is 25.5 Å². The molecule has 0 aliphatic heterocycles. The molecule has 3 aromatic rings. The van der Waals surface area contributed by atoms with Crippen LogP contribution in [0.2, 0.25) is 0 Å². The number of rotatable bonds is 4. The van der Waals surface area contributed by atoms with Crippen LogP contribution >= 0.6 is 0 Å². The molecule has 28 heavy (non-hydrogen) atoms. The Morgan fingerprint density at radius 1 is 1.32 bits per heavy atom. The minimum atomic E-state index is -0.625. The average Bonchev–Trinajstić information content (AvgIpc) is 3.05. The van der Waals surface area contributed by atoms with Gasteiger partial charge in [0.2, 0.25) is 0 Å². The van der Waals surface area contributed by atoms with Crippen molar-refractivity contribution >= 4 is 22.7 Å². The monoisotopic (exact) mass is 378 g/mol. The molecule has 0 amide bonds. The van der Waals surface area contributed by atoms with Gasteiger partial charge in [0.15, 0.2) is 5.69 Å². The Kier molecular flexibility index (Phi) is 4.97. The molecule has 0 aliphatic rings. The molecular weight excluding hydrogens is 356 g/mol. The molecule has 2 aromatic heterocycles. The predicted octanol–water partition coefficient (Wildman–Crippen LogP) is 3.59. The van der Waals surface area contributed by atoms with Gasteiger partial charge >= 0.3 is 5.97 Å². The summed E-state index contributed by atoms with van der Waals surface area (Å²) in [5, 5.41) is 10.3. The number of esters is 1. The zero-order valence-electron chi connectivity index (χ0n) is 16.6. The molecule has 0 bridgehead atoms. The third kappa shape index (κ3) is 2.74. The third-order valence-electron chi connectivity index (χ3n) is 4.96. The Hall–Kier alpha value is -3.53. The molecule has 2 heterocycles. The second-order valence-corrected chi connectivity index (χ2v) is 6.47. The number of anilines is 1. The highest BCUT2D eigenvalue weighted by Crippen LogP contribution is 2.42. The van der Waals surface area contributed by atoms with E-state index in [0.717, 1.165) is 22.4 Å². The molecule has 0 saturated heterocycles. The smallest absolute Gasteiger partial charge is 0.358 e. The van der Waals surface area contributed by atoms with Gasteiger partial charge in [0.1, 0.15) is 17.5 Å². The second-order valence-electron chi connectivity index (χ2n) is 6.47. The van der Waals surface area contributed by atoms with Crippen molar-refractivity contribution in [1.29, 1.82) is 5.26 Å². The number of carbonyl (C=O) groups excluding carboxylic acids is 1. The van der Waals surface area contributed by atoms with E-state index in [9.17, 15) is 10.1 Å². The maximum atomic E-state index is 12.3. The van der Waals surface area contributed by atoms with Gasteiger partial charge in [-0.05, 0) is 37.5 Å². The van der Waals surface area contributed by atoms with Crippen LogP contribution in [0, 0.1) is 25.2 Å². The summed E-state index contributed by atoms with van der Waals surface area (Å²) >= 11 is 0. The van der Waals surface area contributed by atoms with Crippen LogP contribution in [0.5, 0.6) is 5.75 Å². The Morgan fingerprint density at radius 3 is 2.61 bits per heavy atom. The normalized spacial score (nSPS) is 10.7. The fourth-order valence-electron chi connectivity index (χ4n) is 3.60. The van der Waals surface area contributed by atoms with E-state index in [1.165, 1.54) is 7.11 Å². The molecule has 1 aromatic carbocycles. The Bertz CT molecular complexity index is 1140. The summed E-state index contributed by atoms with van der Waals surface area (Å²) in [6.45, 7) is 6.41. The first-order valence-electron chi connectivity index (χ1n) is 8.84. The quantitative estimate of drug-likeness (QED) is 0.696. The van der Waals surface area contributed by atoms with Crippen LogP contribution in [0.3, 0.4) is 0 Å². The number of methoxy groups -OCH3 is 2. The molecule has 0 atom stereocenters. The average molecular weight is 378 g/mol. The minimum absolute atomic E-state index is 0.0289. The SMILES string of the molecule is CCn1cc(C#N)c2c(-c3ccc(C)c(OC)c3C)c(N)c(C(=O)OC)nc21. The minimum Gasteiger partial charge on any atom is -0.496 e. The zero-order valence-corrected chi connectivity index (χ0v) is 16.6. The summed E-state index contributed by atoms with van der Waals surface area (Å²) in [6, 6.07) is 6.06. The maximum absolute atomic E-state index is 12.3. The lowest BCUT2D eigenvalue weighted by Gasteiger charge is -2.17. The summed E-state index contributed by atoms with van der Waals surface area (Å²) in [4.78, 5) is 16.8. The fraction of sp³-hybridized carbons (Fsp3) is 0.286. The van der Waals surface area contributed by atoms with Crippen molar-refractivity contribution in [3.8, 4) is 22.9 Å². The number of nitriles is 1. The van der Waals surface area contributed by atoms with E-state index in [-0.39, 0.29) is 11.4 Å². The van der Waals surface area contributed by atoms with Crippen LogP contribution in [0.25, 0.3) is 22.2 Å². The lowest BCUT2D eigenvalue weighted by Crippen LogP contribution is -2.11. The number of aromatic nitrogens is 2. The second kappa shape index (κ2) is 7.24. The van der Waals surface area contributed by atoms with E-state index in [1.54, 1.807) is 13.3 Å². The molecular formula is C21H22N4O3. The number of hydrogen-bond donors (Lipinski definition) is 1. The number of nitrogens with two attached hydrogens (primary N) is 1. The van der Waals surface area contributed by atoms with Crippen LogP contribution in [-0.4, -0.2) is 29.7 Å². The van der Waals surface area contributed by atoms with Gasteiger partial charge in [0.25, 0.3) is 0 Å². The van der Waals surface area contributed by atoms with Gasteiger partial charge in [-0.25, -0.2) is 9.78 Å². The van der Waals surface area contributed by atoms with Crippen LogP contribution in [0.1, 0.15) is 34.1 Å². The van der Waals surface area contributed by atoms with Crippen molar-refractivity contribution in [1.82, 2.24) is 9.55 Å². The van der Waals surface area contributed by atoms with Crippen molar-refractivity contribution in [2.24, 2.45) is 0 Å². The largest absolute Gasteiger partial charge is 0.496 e. The van der Waals surface area contributed by atoms with Gasteiger partial charge in [0, 0.05) is 23.7 Å². The number of fused-ring (bicyclic) bond motifs is 1. The van der Waals surface area contributed by atoms with Crippen molar-refractivity contribution < 1.29 is 14.3 Å². The van der Waals surface area contributed by atoms with Crippen LogP contribution in [0.15, 0.2) is 18.3 Å². The number of aryl methyl sites for hydroxylation is 2. The highest BCUT2D eigenvalue weighted by molar-refractivity contribution is 6.09. The predicted molar refractivity (Wildman–Crippen MR) is 107 cm³/mol. The highest BCUT2D eigenvalue weighted by Gasteiger charge is 2.25. The number of carbonyl (C=O) groups is 1. The van der Waals surface area contributed by atoms with Gasteiger partial charge in [-0.3, -0.25) is 0 Å². The highest BCUT2D eigenvalue weighted by atomic mass is 16.5. The molecule has 3 rings (SSSR count). The molecule has 0 aliphatic carbocycles. The fourth-order valence-corrected chi connectivity index (χ4v) is 3.60. The lowest BCUT2D eigenvalue weighted by atomic mass is 9.93. The number of ether oxygens (including phenoxy) is 2. The summed E-state index contributed by atoms with van der Waals surface area (Å²) in [5.41, 5.74) is 10.8. The Labute approximate surface area is 163 Å². The molecule has 2 N–H and O–H groups in total. The van der Waals surface area contributed by atoms with Crippen molar-refractivity contribution in [3.05, 3.63) is 40.7 Å². The lowest BCUT2D eigenvalue weighted by molar-refractivity contribution is 0.0596. The van der Waals surface area contributed by atoms with Crippen molar-refractivity contribution in [2.45, 2.75) is 27.3 Å². The molecule has 0 radical (unpaired) electrons. The van der Waals surface area contributed by atoms with Gasteiger partial charge < -0.3 is 19.8 Å². The van der Waals surface area contributed by atoms with E-state index >= 15 is 0 Å². The van der Waals surface area contributed by atoms with E-state index in [4.69, 9.17) is 15.2 Å². The first kappa shape index (κ1) is 19.2. The summed E-state index contributed by atoms with van der Waals surface area (Å²) < 4.78 is 12.3. The topological polar surface area (TPSA) is 103 Å². The number of nitrogens with zero attached hydrogens (tertiary/aromatic N) is 3. The molecule has 7 nitrogen and oxygen atoms in total. The molecule has 0 spiro atoms. The number of nitrogen functional groups attached to an aromatic ring is 1. The van der Waals surface area contributed by atoms with E-state index in [0.29, 0.717) is 28.7 Å². The summed E-state index contributed by atoms with van der Waals surface area (Å²) in [5.74, 6) is 0.106. The van der Waals surface area contributed by atoms with E-state index < -0.39 is 5.97 Å². The third-order valence-corrected chi connectivity index (χ3v) is 4.96. The van der Waals surface area contributed by atoms with E-state index in [1.807, 2.05) is 37.5 Å². The van der Waals surface area contributed by atoms with Gasteiger partial charge in [-0.1, -0.05) is 12.1 Å². The van der Waals surface area contributed by atoms with Crippen molar-refractivity contribution in [2.75, 3.05) is 20.0 Å². The molecule has 0 saturated carbocycles. The maximum Gasteiger partial charge on any atom is 0.358 e. The Balaban J connectivity index is 2.55. The van der Waals surface area contributed by atoms with Crippen LogP contribution in [-0.2, 0) is 11.3 Å². The summed E-state index contributed by atoms with van der Waals surface area (Å²) in [6.07, 6.45) is 1.72. The van der Waals surface area contributed by atoms with Crippen molar-refractivity contribution in [3.63, 3.8) is 0 Å². The molecule has 7 heteroatoms. The number of hydrogen-bond acceptors (Lipinski definition) is 6. The standard InChI is InChI=1S/C21H22N4O3/c1-6-25-10-13(9-22)15-16(14-8-7-11(2)19(27-4)12(14)3)17(23)18(21(26)28-5)24-20(15)25/h7-8,10H,6,23H2,1-5H3. The number of benzene rings is 1. The van der Waals surface area contributed by atoms with E-state index in [2.05, 4.69) is 11.1 Å². The number of pyridine rings is 1. The van der Waals surface area contributed by atoms with Crippen LogP contribution in [0.4, 0.5) is 5.69 Å². The van der Waals surface area contributed by atoms with Gasteiger partial charge in [-0.15, -0.1) is 0 Å². The Morgan fingerprint density at radius 2 is 2.04 bits per heavy atom. The zero-order chi connectivity index (χ0) is 20.6. The summed E-state index contributed by atoms with van der Waals surface area (Å²) in [7, 11) is 2.89. The first-order valence-corrected chi connectivity index (χ1v) is 8.84. The first-order chi connectivity index (χ1) is 13.4. The van der Waals surface area contributed by atoms with Crippen LogP contribution < -0.4 is 10.5 Å². The molecule has 144 valence electrons.